The molecule has 2 aromatic heterocycles. The number of aryl methyl sites for hydroxylation is 2. The fraction of sp³-hybridized carbons (Fsp3) is 0.533. The summed E-state index contributed by atoms with van der Waals surface area (Å²) in [5.41, 5.74) is 1.10. The van der Waals surface area contributed by atoms with E-state index in [2.05, 4.69) is 20.7 Å². The molecule has 2 aromatic rings. The van der Waals surface area contributed by atoms with Crippen LogP contribution in [0.15, 0.2) is 18.6 Å². The molecule has 1 fully saturated rings. The molecule has 23 heavy (non-hydrogen) atoms. The van der Waals surface area contributed by atoms with Gasteiger partial charge in [0.1, 0.15) is 0 Å². The van der Waals surface area contributed by atoms with E-state index < -0.39 is 0 Å². The highest BCUT2D eigenvalue weighted by Crippen LogP contribution is 2.31. The predicted octanol–water partition coefficient (Wildman–Crippen LogP) is 2.57. The van der Waals surface area contributed by atoms with Gasteiger partial charge in [0.2, 0.25) is 5.91 Å². The zero-order valence-electron chi connectivity index (χ0n) is 13.1. The highest BCUT2D eigenvalue weighted by atomic mass is 35.5. The number of carbonyl (C=O) groups is 1. The van der Waals surface area contributed by atoms with Gasteiger partial charge in [0.15, 0.2) is 5.13 Å². The van der Waals surface area contributed by atoms with Crippen LogP contribution < -0.4 is 10.6 Å². The number of anilines is 1. The molecule has 0 bridgehead atoms. The molecule has 126 valence electrons. The molecule has 1 amide bonds. The lowest BCUT2D eigenvalue weighted by atomic mass is 9.97. The molecule has 8 heteroatoms. The van der Waals surface area contributed by atoms with Crippen LogP contribution in [0.5, 0.6) is 0 Å². The normalized spacial score (nSPS) is 15.2. The second kappa shape index (κ2) is 8.42. The molecule has 1 aliphatic rings. The molecule has 3 heterocycles. The second-order valence-corrected chi connectivity index (χ2v) is 6.73. The van der Waals surface area contributed by atoms with Gasteiger partial charge in [0.25, 0.3) is 0 Å². The molecular formula is C15H22ClN5OS. The Labute approximate surface area is 146 Å². The smallest absolute Gasteiger partial charge is 0.228 e. The van der Waals surface area contributed by atoms with E-state index in [0.29, 0.717) is 24.0 Å². The summed E-state index contributed by atoms with van der Waals surface area (Å²) >= 11 is 1.60. The lowest BCUT2D eigenvalue weighted by molar-refractivity contribution is -0.116. The standard InChI is InChI=1S/C15H21N5OS.ClH/c1-11-8-18-20(10-11)7-4-14(21)19-15-17-9-13(22-15)12-2-5-16-6-3-12;/h8-10,12,16H,2-7H2,1H3,(H,17,19,21);1H. The number of piperidine rings is 1. The Kier molecular flexibility index (Phi) is 6.56. The SMILES string of the molecule is Cc1cnn(CCC(=O)Nc2ncc(C3CCNCC3)s2)c1.Cl. The van der Waals surface area contributed by atoms with Gasteiger partial charge in [0.05, 0.1) is 6.20 Å². The van der Waals surface area contributed by atoms with Crippen molar-refractivity contribution < 1.29 is 4.79 Å². The Morgan fingerprint density at radius 2 is 2.22 bits per heavy atom. The topological polar surface area (TPSA) is 71.8 Å². The Hall–Kier alpha value is -1.44. The van der Waals surface area contributed by atoms with Crippen molar-refractivity contribution in [2.24, 2.45) is 0 Å². The minimum atomic E-state index is -0.0145. The Morgan fingerprint density at radius 3 is 2.91 bits per heavy atom. The number of carbonyl (C=O) groups excluding carboxylic acids is 1. The van der Waals surface area contributed by atoms with Crippen LogP contribution in [0.3, 0.4) is 0 Å². The summed E-state index contributed by atoms with van der Waals surface area (Å²) in [5.74, 6) is 0.566. The number of amides is 1. The van der Waals surface area contributed by atoms with Crippen molar-refractivity contribution in [3.63, 3.8) is 0 Å². The number of hydrogen-bond donors (Lipinski definition) is 2. The van der Waals surface area contributed by atoms with Gasteiger partial charge in [0, 0.05) is 30.2 Å². The number of hydrogen-bond acceptors (Lipinski definition) is 5. The lowest BCUT2D eigenvalue weighted by Gasteiger charge is -2.20. The molecule has 1 aliphatic heterocycles. The summed E-state index contributed by atoms with van der Waals surface area (Å²) in [4.78, 5) is 17.6. The summed E-state index contributed by atoms with van der Waals surface area (Å²) in [6.45, 7) is 4.70. The molecular weight excluding hydrogens is 334 g/mol. The van der Waals surface area contributed by atoms with Crippen LogP contribution in [0.1, 0.15) is 35.6 Å². The van der Waals surface area contributed by atoms with E-state index in [1.165, 1.54) is 4.88 Å². The number of nitrogens with one attached hydrogen (secondary N) is 2. The van der Waals surface area contributed by atoms with E-state index in [4.69, 9.17) is 0 Å². The van der Waals surface area contributed by atoms with Gasteiger partial charge in [-0.15, -0.1) is 23.7 Å². The average Bonchev–Trinajstić information content (AvgIpc) is 3.15. The van der Waals surface area contributed by atoms with Crippen LogP contribution in [0.4, 0.5) is 5.13 Å². The van der Waals surface area contributed by atoms with E-state index in [9.17, 15) is 4.79 Å². The monoisotopic (exact) mass is 355 g/mol. The molecule has 3 rings (SSSR count). The molecule has 1 saturated heterocycles. The molecule has 6 nitrogen and oxygen atoms in total. The second-order valence-electron chi connectivity index (χ2n) is 5.67. The fourth-order valence-electron chi connectivity index (χ4n) is 2.63. The third kappa shape index (κ3) is 5.02. The van der Waals surface area contributed by atoms with Crippen LogP contribution in [-0.4, -0.2) is 33.8 Å². The molecule has 0 aromatic carbocycles. The molecule has 0 spiro atoms. The molecule has 0 atom stereocenters. The van der Waals surface area contributed by atoms with Crippen molar-refractivity contribution in [2.45, 2.75) is 38.6 Å². The maximum Gasteiger partial charge on any atom is 0.228 e. The summed E-state index contributed by atoms with van der Waals surface area (Å²) in [5, 5.41) is 11.1. The van der Waals surface area contributed by atoms with E-state index in [-0.39, 0.29) is 18.3 Å². The summed E-state index contributed by atoms with van der Waals surface area (Å²) < 4.78 is 1.79. The first kappa shape index (κ1) is 17.9. The maximum atomic E-state index is 12.0. The number of halogens is 1. The minimum absolute atomic E-state index is 0. The lowest BCUT2D eigenvalue weighted by Crippen LogP contribution is -2.26. The number of aromatic nitrogens is 3. The maximum absolute atomic E-state index is 12.0. The molecule has 0 aliphatic carbocycles. The first-order chi connectivity index (χ1) is 10.7. The van der Waals surface area contributed by atoms with Crippen molar-refractivity contribution in [1.29, 1.82) is 0 Å². The van der Waals surface area contributed by atoms with Crippen LogP contribution >= 0.6 is 23.7 Å². The van der Waals surface area contributed by atoms with E-state index >= 15 is 0 Å². The Balaban J connectivity index is 0.00000192. The first-order valence-electron chi connectivity index (χ1n) is 7.66. The first-order valence-corrected chi connectivity index (χ1v) is 8.48. The summed E-state index contributed by atoms with van der Waals surface area (Å²) in [6, 6.07) is 0. The fourth-order valence-corrected chi connectivity index (χ4v) is 3.63. The van der Waals surface area contributed by atoms with Crippen LogP contribution in [0.25, 0.3) is 0 Å². The largest absolute Gasteiger partial charge is 0.317 e. The van der Waals surface area contributed by atoms with Crippen molar-refractivity contribution in [3.8, 4) is 0 Å². The highest BCUT2D eigenvalue weighted by molar-refractivity contribution is 7.15. The average molecular weight is 356 g/mol. The van der Waals surface area contributed by atoms with E-state index in [1.807, 2.05) is 19.3 Å². The number of thiazole rings is 1. The quantitative estimate of drug-likeness (QED) is 0.864. The molecule has 0 saturated carbocycles. The Bertz CT molecular complexity index is 635. The van der Waals surface area contributed by atoms with E-state index in [1.54, 1.807) is 22.2 Å². The third-order valence-corrected chi connectivity index (χ3v) is 4.92. The summed E-state index contributed by atoms with van der Waals surface area (Å²) in [6.07, 6.45) is 8.34. The number of nitrogens with zero attached hydrogens (tertiary/aromatic N) is 3. The Morgan fingerprint density at radius 1 is 1.43 bits per heavy atom. The van der Waals surface area contributed by atoms with Crippen molar-refractivity contribution in [3.05, 3.63) is 29.0 Å². The van der Waals surface area contributed by atoms with Crippen LogP contribution in [0.2, 0.25) is 0 Å². The van der Waals surface area contributed by atoms with Gasteiger partial charge in [-0.3, -0.25) is 9.48 Å². The van der Waals surface area contributed by atoms with Gasteiger partial charge < -0.3 is 10.6 Å². The van der Waals surface area contributed by atoms with Gasteiger partial charge in [-0.25, -0.2) is 4.98 Å². The minimum Gasteiger partial charge on any atom is -0.317 e. The van der Waals surface area contributed by atoms with E-state index in [0.717, 1.165) is 31.5 Å². The zero-order valence-corrected chi connectivity index (χ0v) is 14.8. The van der Waals surface area contributed by atoms with Gasteiger partial charge in [-0.2, -0.15) is 5.10 Å². The van der Waals surface area contributed by atoms with Crippen LogP contribution in [0, 0.1) is 6.92 Å². The molecule has 0 radical (unpaired) electrons. The zero-order chi connectivity index (χ0) is 15.4. The van der Waals surface area contributed by atoms with Crippen molar-refractivity contribution in [2.75, 3.05) is 18.4 Å². The van der Waals surface area contributed by atoms with Gasteiger partial charge in [-0.1, -0.05) is 0 Å². The van der Waals surface area contributed by atoms with Crippen molar-refractivity contribution in [1.82, 2.24) is 20.1 Å². The third-order valence-electron chi connectivity index (χ3n) is 3.84. The highest BCUT2D eigenvalue weighted by Gasteiger charge is 2.18. The molecule has 0 unspecified atom stereocenters. The predicted molar refractivity (Wildman–Crippen MR) is 94.4 cm³/mol. The van der Waals surface area contributed by atoms with Gasteiger partial charge >= 0.3 is 0 Å². The summed E-state index contributed by atoms with van der Waals surface area (Å²) in [7, 11) is 0. The van der Waals surface area contributed by atoms with Crippen molar-refractivity contribution >= 4 is 34.8 Å². The molecule has 2 N–H and O–H groups in total. The van der Waals surface area contributed by atoms with Crippen LogP contribution in [-0.2, 0) is 11.3 Å². The van der Waals surface area contributed by atoms with Gasteiger partial charge in [-0.05, 0) is 44.3 Å². The number of rotatable bonds is 5.